The predicted molar refractivity (Wildman–Crippen MR) is 73.3 cm³/mol. The molecule has 3 N–H and O–H groups in total. The van der Waals surface area contributed by atoms with Crippen LogP contribution in [0.1, 0.15) is 52.4 Å². The average molecular weight is 256 g/mol. The van der Waals surface area contributed by atoms with Crippen LogP contribution in [0.2, 0.25) is 0 Å². The second-order valence-corrected chi connectivity index (χ2v) is 5.38. The Morgan fingerprint density at radius 2 is 2.11 bits per heavy atom. The Bertz CT molecular complexity index is 238. The highest BCUT2D eigenvalue weighted by molar-refractivity contribution is 5.76. The molecule has 106 valence electrons. The van der Waals surface area contributed by atoms with Gasteiger partial charge in [-0.1, -0.05) is 13.8 Å². The van der Waals surface area contributed by atoms with E-state index in [4.69, 9.17) is 10.5 Å². The fraction of sp³-hybridized carbons (Fsp3) is 0.929. The first-order chi connectivity index (χ1) is 8.65. The number of carbonyl (C=O) groups is 1. The predicted octanol–water partition coefficient (Wildman–Crippen LogP) is 1.83. The van der Waals surface area contributed by atoms with Gasteiger partial charge in [0.1, 0.15) is 0 Å². The van der Waals surface area contributed by atoms with E-state index < -0.39 is 0 Å². The van der Waals surface area contributed by atoms with Gasteiger partial charge in [-0.3, -0.25) is 4.79 Å². The number of ether oxygens (including phenoxy) is 1. The van der Waals surface area contributed by atoms with Crippen LogP contribution in [0.4, 0.5) is 0 Å². The number of hydrogen-bond donors (Lipinski definition) is 2. The molecule has 0 aliphatic carbocycles. The second kappa shape index (κ2) is 7.74. The number of nitrogens with one attached hydrogen (secondary N) is 1. The van der Waals surface area contributed by atoms with Crippen LogP contribution in [0.25, 0.3) is 0 Å². The van der Waals surface area contributed by atoms with Crippen molar-refractivity contribution in [3.63, 3.8) is 0 Å². The molecule has 1 unspecified atom stereocenters. The topological polar surface area (TPSA) is 64.3 Å². The fourth-order valence-corrected chi connectivity index (χ4v) is 2.39. The van der Waals surface area contributed by atoms with Gasteiger partial charge in [0.15, 0.2) is 0 Å². The lowest BCUT2D eigenvalue weighted by molar-refractivity contribution is -0.125. The fourth-order valence-electron chi connectivity index (χ4n) is 2.39. The van der Waals surface area contributed by atoms with Crippen LogP contribution in [-0.4, -0.2) is 31.7 Å². The molecule has 18 heavy (non-hydrogen) atoms. The molecule has 1 heterocycles. The zero-order chi connectivity index (χ0) is 13.4. The Kier molecular flexibility index (Phi) is 6.65. The lowest BCUT2D eigenvalue weighted by Gasteiger charge is -2.30. The summed E-state index contributed by atoms with van der Waals surface area (Å²) in [5.74, 6) is 0.0987. The molecule has 1 aliphatic rings. The molecule has 0 aromatic carbocycles. The van der Waals surface area contributed by atoms with Gasteiger partial charge in [-0.15, -0.1) is 0 Å². The highest BCUT2D eigenvalue weighted by atomic mass is 16.5. The minimum atomic E-state index is 0.0586. The summed E-state index contributed by atoms with van der Waals surface area (Å²) in [5, 5.41) is 3.02. The van der Waals surface area contributed by atoms with Gasteiger partial charge in [0, 0.05) is 13.2 Å². The van der Waals surface area contributed by atoms with Crippen molar-refractivity contribution in [3.8, 4) is 0 Å². The molecule has 0 aromatic rings. The van der Waals surface area contributed by atoms with E-state index in [0.29, 0.717) is 19.5 Å². The number of amides is 1. The van der Waals surface area contributed by atoms with E-state index in [2.05, 4.69) is 19.2 Å². The van der Waals surface area contributed by atoms with Crippen molar-refractivity contribution in [1.29, 1.82) is 0 Å². The molecule has 0 bridgehead atoms. The van der Waals surface area contributed by atoms with E-state index in [9.17, 15) is 4.79 Å². The third-order valence-electron chi connectivity index (χ3n) is 4.28. The van der Waals surface area contributed by atoms with Crippen molar-refractivity contribution in [2.75, 3.05) is 19.7 Å². The summed E-state index contributed by atoms with van der Waals surface area (Å²) in [5.41, 5.74) is 5.88. The third-order valence-corrected chi connectivity index (χ3v) is 4.28. The molecule has 1 rings (SSSR count). The van der Waals surface area contributed by atoms with Crippen LogP contribution in [0.3, 0.4) is 0 Å². The Labute approximate surface area is 111 Å². The second-order valence-electron chi connectivity index (χ2n) is 5.38. The first-order valence-corrected chi connectivity index (χ1v) is 7.24. The number of rotatable bonds is 7. The molecule has 1 atom stereocenters. The molecule has 4 nitrogen and oxygen atoms in total. The minimum absolute atomic E-state index is 0.0586. The van der Waals surface area contributed by atoms with Gasteiger partial charge in [-0.25, -0.2) is 0 Å². The maximum atomic E-state index is 11.9. The molecule has 4 heteroatoms. The smallest absolute Gasteiger partial charge is 0.222 e. The van der Waals surface area contributed by atoms with Crippen molar-refractivity contribution < 1.29 is 9.53 Å². The quantitative estimate of drug-likeness (QED) is 0.730. The highest BCUT2D eigenvalue weighted by Crippen LogP contribution is 2.23. The van der Waals surface area contributed by atoms with Crippen molar-refractivity contribution in [3.05, 3.63) is 0 Å². The van der Waals surface area contributed by atoms with Crippen LogP contribution in [-0.2, 0) is 9.53 Å². The molecule has 1 fully saturated rings. The number of carbonyl (C=O) groups excluding carboxylic acids is 1. The van der Waals surface area contributed by atoms with Crippen LogP contribution < -0.4 is 11.1 Å². The standard InChI is InChI=1S/C14H28N2O2/c1-3-14(4-2,10-15)11-16-13(17)9-12-7-5-6-8-18-12/h12H,3-11,15H2,1-2H3,(H,16,17). The summed E-state index contributed by atoms with van der Waals surface area (Å²) < 4.78 is 5.57. The van der Waals surface area contributed by atoms with E-state index in [1.165, 1.54) is 6.42 Å². The maximum Gasteiger partial charge on any atom is 0.222 e. The average Bonchev–Trinajstić information content (AvgIpc) is 2.42. The first kappa shape index (κ1) is 15.4. The zero-order valence-electron chi connectivity index (χ0n) is 11.8. The molecule has 0 radical (unpaired) electrons. The van der Waals surface area contributed by atoms with Gasteiger partial charge in [0.05, 0.1) is 12.5 Å². The van der Waals surface area contributed by atoms with Crippen LogP contribution in [0, 0.1) is 5.41 Å². The van der Waals surface area contributed by atoms with Crippen LogP contribution in [0.5, 0.6) is 0 Å². The van der Waals surface area contributed by atoms with Gasteiger partial charge in [0.2, 0.25) is 5.91 Å². The molecular formula is C14H28N2O2. The molecule has 1 amide bonds. The van der Waals surface area contributed by atoms with Gasteiger partial charge in [-0.05, 0) is 44.1 Å². The number of nitrogens with two attached hydrogens (primary N) is 1. The van der Waals surface area contributed by atoms with Crippen molar-refractivity contribution in [1.82, 2.24) is 5.32 Å². The van der Waals surface area contributed by atoms with E-state index in [-0.39, 0.29) is 17.4 Å². The molecule has 1 aliphatic heterocycles. The van der Waals surface area contributed by atoms with Crippen LogP contribution in [0.15, 0.2) is 0 Å². The summed E-state index contributed by atoms with van der Waals surface area (Å²) in [7, 11) is 0. The SMILES string of the molecule is CCC(CC)(CN)CNC(=O)CC1CCCCO1. The van der Waals surface area contributed by atoms with E-state index in [1.54, 1.807) is 0 Å². The Morgan fingerprint density at radius 3 is 2.61 bits per heavy atom. The zero-order valence-corrected chi connectivity index (χ0v) is 11.8. The van der Waals surface area contributed by atoms with Gasteiger partial charge in [0.25, 0.3) is 0 Å². The van der Waals surface area contributed by atoms with Gasteiger partial charge >= 0.3 is 0 Å². The molecule has 0 saturated carbocycles. The Hall–Kier alpha value is -0.610. The minimum Gasteiger partial charge on any atom is -0.378 e. The summed E-state index contributed by atoms with van der Waals surface area (Å²) in [6, 6.07) is 0. The summed E-state index contributed by atoms with van der Waals surface area (Å²) in [6.45, 7) is 6.37. The largest absolute Gasteiger partial charge is 0.378 e. The summed E-state index contributed by atoms with van der Waals surface area (Å²) in [4.78, 5) is 11.9. The third kappa shape index (κ3) is 4.58. The first-order valence-electron chi connectivity index (χ1n) is 7.24. The van der Waals surface area contributed by atoms with Gasteiger partial charge in [-0.2, -0.15) is 0 Å². The molecular weight excluding hydrogens is 228 g/mol. The lowest BCUT2D eigenvalue weighted by atomic mass is 9.82. The molecule has 1 saturated heterocycles. The Balaban J connectivity index is 2.30. The lowest BCUT2D eigenvalue weighted by Crippen LogP contribution is -2.42. The monoisotopic (exact) mass is 256 g/mol. The highest BCUT2D eigenvalue weighted by Gasteiger charge is 2.25. The van der Waals surface area contributed by atoms with Crippen molar-refractivity contribution >= 4 is 5.91 Å². The van der Waals surface area contributed by atoms with Gasteiger partial charge < -0.3 is 15.8 Å². The number of hydrogen-bond acceptors (Lipinski definition) is 3. The summed E-state index contributed by atoms with van der Waals surface area (Å²) >= 11 is 0. The van der Waals surface area contributed by atoms with Crippen molar-refractivity contribution in [2.45, 2.75) is 58.5 Å². The van der Waals surface area contributed by atoms with Crippen molar-refractivity contribution in [2.24, 2.45) is 11.1 Å². The Morgan fingerprint density at radius 1 is 1.39 bits per heavy atom. The maximum absolute atomic E-state index is 11.9. The normalized spacial score (nSPS) is 20.7. The molecule has 0 aromatic heterocycles. The van der Waals surface area contributed by atoms with Crippen LogP contribution >= 0.6 is 0 Å². The van der Waals surface area contributed by atoms with E-state index >= 15 is 0 Å². The summed E-state index contributed by atoms with van der Waals surface area (Å²) in [6.07, 6.45) is 5.93. The molecule has 0 spiro atoms. The van der Waals surface area contributed by atoms with E-state index in [0.717, 1.165) is 32.3 Å². The van der Waals surface area contributed by atoms with E-state index in [1.807, 2.05) is 0 Å².